The fourth-order valence-corrected chi connectivity index (χ4v) is 3.98. The fourth-order valence-electron chi connectivity index (χ4n) is 3.98. The van der Waals surface area contributed by atoms with Crippen LogP contribution < -0.4 is 15.8 Å². The van der Waals surface area contributed by atoms with Crippen LogP contribution in [0, 0.1) is 5.92 Å². The molecule has 0 unspecified atom stereocenters. The fraction of sp³-hybridized carbons (Fsp3) is 0.444. The number of hydrogen-bond donors (Lipinski definition) is 2. The zero-order chi connectivity index (χ0) is 25.2. The first-order valence-corrected chi connectivity index (χ1v) is 12.1. The lowest BCUT2D eigenvalue weighted by Crippen LogP contribution is -2.41. The second kappa shape index (κ2) is 12.9. The molecule has 0 radical (unpaired) electrons. The van der Waals surface area contributed by atoms with Crippen LogP contribution in [0.15, 0.2) is 48.5 Å². The van der Waals surface area contributed by atoms with Gasteiger partial charge in [-0.2, -0.15) is 0 Å². The van der Waals surface area contributed by atoms with Crippen LogP contribution in [0.1, 0.15) is 70.6 Å². The topological polar surface area (TPSA) is 97.0 Å². The summed E-state index contributed by atoms with van der Waals surface area (Å²) in [6.45, 7) is 7.15. The Labute approximate surface area is 206 Å². The Morgan fingerprint density at radius 1 is 0.886 bits per heavy atom. The number of esters is 1. The molecule has 2 aromatic carbocycles. The van der Waals surface area contributed by atoms with Gasteiger partial charge in [-0.05, 0) is 80.1 Å². The van der Waals surface area contributed by atoms with E-state index in [-0.39, 0.29) is 0 Å². The van der Waals surface area contributed by atoms with Crippen molar-refractivity contribution in [1.82, 2.24) is 10.9 Å². The number of nitrogens with one attached hydrogen (secondary N) is 2. The molecule has 35 heavy (non-hydrogen) atoms. The van der Waals surface area contributed by atoms with E-state index in [1.165, 1.54) is 37.8 Å². The summed E-state index contributed by atoms with van der Waals surface area (Å²) in [5.41, 5.74) is 6.97. The third-order valence-electron chi connectivity index (χ3n) is 6.07. The van der Waals surface area contributed by atoms with E-state index in [2.05, 4.69) is 34.3 Å². The highest BCUT2D eigenvalue weighted by Gasteiger charge is 2.20. The average molecular weight is 482 g/mol. The minimum absolute atomic E-state index is 0.306. The monoisotopic (exact) mass is 481 g/mol. The van der Waals surface area contributed by atoms with Gasteiger partial charge in [-0.1, -0.05) is 13.8 Å². The number of ether oxygens (including phenoxy) is 2. The molecule has 1 fully saturated rings. The van der Waals surface area contributed by atoms with Gasteiger partial charge >= 0.3 is 5.97 Å². The molecule has 1 aliphatic heterocycles. The van der Waals surface area contributed by atoms with E-state index in [0.29, 0.717) is 28.7 Å². The van der Waals surface area contributed by atoms with Crippen molar-refractivity contribution >= 4 is 23.5 Å². The first kappa shape index (κ1) is 26.2. The molecule has 0 atom stereocenters. The predicted octanol–water partition coefficient (Wildman–Crippen LogP) is 3.97. The summed E-state index contributed by atoms with van der Waals surface area (Å²) in [7, 11) is 1.29. The van der Waals surface area contributed by atoms with E-state index in [4.69, 9.17) is 4.74 Å². The van der Waals surface area contributed by atoms with Gasteiger partial charge < -0.3 is 14.4 Å². The highest BCUT2D eigenvalue weighted by Crippen LogP contribution is 2.22. The van der Waals surface area contributed by atoms with E-state index >= 15 is 0 Å². The van der Waals surface area contributed by atoms with E-state index in [9.17, 15) is 14.4 Å². The minimum Gasteiger partial charge on any atom is -0.465 e. The second-order valence-corrected chi connectivity index (χ2v) is 9.12. The van der Waals surface area contributed by atoms with E-state index in [1.54, 1.807) is 12.1 Å². The van der Waals surface area contributed by atoms with Gasteiger partial charge in [0, 0.05) is 36.5 Å². The molecule has 2 amide bonds. The van der Waals surface area contributed by atoms with Crippen molar-refractivity contribution in [2.45, 2.75) is 45.6 Å². The van der Waals surface area contributed by atoms with Crippen molar-refractivity contribution < 1.29 is 23.9 Å². The quantitative estimate of drug-likeness (QED) is 0.320. The van der Waals surface area contributed by atoms with Crippen molar-refractivity contribution in [3.63, 3.8) is 0 Å². The Hall–Kier alpha value is -3.39. The molecule has 0 saturated carbocycles. The number of anilines is 1. The Balaban J connectivity index is 1.43. The van der Waals surface area contributed by atoms with Gasteiger partial charge in [0.1, 0.15) is 0 Å². The zero-order valence-electron chi connectivity index (χ0n) is 20.7. The normalized spacial score (nSPS) is 14.0. The van der Waals surface area contributed by atoms with Crippen LogP contribution in [0.25, 0.3) is 0 Å². The Bertz CT molecular complexity index is 981. The van der Waals surface area contributed by atoms with E-state index < -0.39 is 17.8 Å². The Kier molecular flexibility index (Phi) is 9.66. The number of piperidine rings is 1. The maximum absolute atomic E-state index is 12.4. The van der Waals surface area contributed by atoms with Gasteiger partial charge in [-0.15, -0.1) is 0 Å². The number of amides is 2. The number of nitrogens with zero attached hydrogens (tertiary/aromatic N) is 1. The zero-order valence-corrected chi connectivity index (χ0v) is 20.7. The van der Waals surface area contributed by atoms with Gasteiger partial charge in [-0.3, -0.25) is 20.4 Å². The van der Waals surface area contributed by atoms with Gasteiger partial charge in [0.05, 0.1) is 18.8 Å². The molecule has 2 N–H and O–H groups in total. The summed E-state index contributed by atoms with van der Waals surface area (Å²) in [5.74, 6) is -0.665. The molecule has 188 valence electrons. The molecular weight excluding hydrogens is 446 g/mol. The molecule has 0 bridgehead atoms. The maximum atomic E-state index is 12.4. The summed E-state index contributed by atoms with van der Waals surface area (Å²) in [6.07, 6.45) is 4.63. The van der Waals surface area contributed by atoms with Crippen molar-refractivity contribution in [1.29, 1.82) is 0 Å². The number of benzene rings is 2. The van der Waals surface area contributed by atoms with Crippen LogP contribution in [-0.4, -0.2) is 50.7 Å². The van der Waals surface area contributed by atoms with Crippen LogP contribution in [0.2, 0.25) is 0 Å². The molecule has 1 aliphatic rings. The number of rotatable bonds is 9. The second-order valence-electron chi connectivity index (χ2n) is 9.12. The number of hydrazine groups is 1. The average Bonchev–Trinajstić information content (AvgIpc) is 2.89. The molecule has 0 aromatic heterocycles. The van der Waals surface area contributed by atoms with Crippen LogP contribution >= 0.6 is 0 Å². The molecule has 3 rings (SSSR count). The molecule has 0 aliphatic carbocycles. The van der Waals surface area contributed by atoms with Gasteiger partial charge in [-0.25, -0.2) is 4.79 Å². The van der Waals surface area contributed by atoms with E-state index in [0.717, 1.165) is 44.6 Å². The van der Waals surface area contributed by atoms with Gasteiger partial charge in [0.15, 0.2) is 0 Å². The van der Waals surface area contributed by atoms with Crippen LogP contribution in [0.3, 0.4) is 0 Å². The SMILES string of the molecule is COC(=O)c1ccc(C(=O)NNC(=O)c2ccc(N3CCC(OCCCC(C)C)CC3)cc2)cc1. The summed E-state index contributed by atoms with van der Waals surface area (Å²) >= 11 is 0. The predicted molar refractivity (Wildman–Crippen MR) is 134 cm³/mol. The number of hydrogen-bond acceptors (Lipinski definition) is 6. The lowest BCUT2D eigenvalue weighted by Gasteiger charge is -2.33. The third kappa shape index (κ3) is 7.82. The molecule has 1 saturated heterocycles. The maximum Gasteiger partial charge on any atom is 0.337 e. The molecule has 8 heteroatoms. The van der Waals surface area contributed by atoms with Gasteiger partial charge in [0.25, 0.3) is 11.8 Å². The standard InChI is InChI=1S/C27H35N3O5/c1-19(2)5-4-18-35-24-14-16-30(17-15-24)23-12-10-21(11-13-23)26(32)29-28-25(31)20-6-8-22(9-7-20)27(33)34-3/h6-13,19,24H,4-5,14-18H2,1-3H3,(H,28,31)(H,29,32). The number of carbonyl (C=O) groups excluding carboxylic acids is 3. The van der Waals surface area contributed by atoms with Crippen molar-refractivity contribution in [3.05, 3.63) is 65.2 Å². The largest absolute Gasteiger partial charge is 0.465 e. The van der Waals surface area contributed by atoms with E-state index in [1.807, 2.05) is 12.1 Å². The third-order valence-corrected chi connectivity index (χ3v) is 6.07. The molecule has 0 spiro atoms. The summed E-state index contributed by atoms with van der Waals surface area (Å²) < 4.78 is 10.7. The van der Waals surface area contributed by atoms with Crippen LogP contribution in [0.4, 0.5) is 5.69 Å². The summed E-state index contributed by atoms with van der Waals surface area (Å²) in [5, 5.41) is 0. The summed E-state index contributed by atoms with van der Waals surface area (Å²) in [4.78, 5) is 38.5. The van der Waals surface area contributed by atoms with Crippen LogP contribution in [-0.2, 0) is 9.47 Å². The highest BCUT2D eigenvalue weighted by atomic mass is 16.5. The number of carbonyl (C=O) groups is 3. The van der Waals surface area contributed by atoms with Crippen molar-refractivity contribution in [2.75, 3.05) is 31.7 Å². The van der Waals surface area contributed by atoms with Crippen LogP contribution in [0.5, 0.6) is 0 Å². The number of methoxy groups -OCH3 is 1. The molecular formula is C27H35N3O5. The molecule has 8 nitrogen and oxygen atoms in total. The molecule has 1 heterocycles. The summed E-state index contributed by atoms with van der Waals surface area (Å²) in [6, 6.07) is 13.3. The lowest BCUT2D eigenvalue weighted by molar-refractivity contribution is 0.0338. The van der Waals surface area contributed by atoms with Gasteiger partial charge in [0.2, 0.25) is 0 Å². The minimum atomic E-state index is -0.485. The van der Waals surface area contributed by atoms with Crippen molar-refractivity contribution in [2.24, 2.45) is 5.92 Å². The first-order valence-electron chi connectivity index (χ1n) is 12.1. The Morgan fingerprint density at radius 3 is 1.91 bits per heavy atom. The highest BCUT2D eigenvalue weighted by molar-refractivity contribution is 5.99. The lowest BCUT2D eigenvalue weighted by atomic mass is 10.1. The molecule has 2 aromatic rings. The van der Waals surface area contributed by atoms with Crippen molar-refractivity contribution in [3.8, 4) is 0 Å². The first-order chi connectivity index (χ1) is 16.9. The Morgan fingerprint density at radius 2 is 1.40 bits per heavy atom. The smallest absolute Gasteiger partial charge is 0.337 e.